The first-order valence-corrected chi connectivity index (χ1v) is 7.69. The normalized spacial score (nSPS) is 24.6. The summed E-state index contributed by atoms with van der Waals surface area (Å²) in [5.41, 5.74) is 1.22. The molecule has 0 aliphatic heterocycles. The molecule has 1 aliphatic rings. The van der Waals surface area contributed by atoms with Gasteiger partial charge in [-0.3, -0.25) is 0 Å². The molecule has 0 bridgehead atoms. The van der Waals surface area contributed by atoms with Gasteiger partial charge in [-0.1, -0.05) is 36.8 Å². The molecule has 1 aliphatic carbocycles. The minimum atomic E-state index is -3.34. The Balaban J connectivity index is 2.14. The molecule has 0 unspecified atom stereocenters. The van der Waals surface area contributed by atoms with Gasteiger partial charge < -0.3 is 0 Å². The van der Waals surface area contributed by atoms with Crippen molar-refractivity contribution in [3.63, 3.8) is 0 Å². The van der Waals surface area contributed by atoms with E-state index in [1.165, 1.54) is 9.87 Å². The Hall–Kier alpha value is -0.910. The fourth-order valence-electron chi connectivity index (χ4n) is 2.50. The van der Waals surface area contributed by atoms with Crippen molar-refractivity contribution in [2.75, 3.05) is 14.1 Å². The zero-order valence-electron chi connectivity index (χ0n) is 10.8. The van der Waals surface area contributed by atoms with Crippen molar-refractivity contribution in [1.82, 2.24) is 9.03 Å². The van der Waals surface area contributed by atoms with E-state index in [1.54, 1.807) is 14.1 Å². The Morgan fingerprint density at radius 2 is 1.83 bits per heavy atom. The van der Waals surface area contributed by atoms with Crippen LogP contribution in [0, 0.1) is 0 Å². The number of rotatable bonds is 4. The average Bonchev–Trinajstić information content (AvgIpc) is 2.77. The minimum absolute atomic E-state index is 0.0137. The van der Waals surface area contributed by atoms with Crippen molar-refractivity contribution in [2.24, 2.45) is 0 Å². The quantitative estimate of drug-likeness (QED) is 0.904. The summed E-state index contributed by atoms with van der Waals surface area (Å²) in [6, 6.07) is 10.2. The lowest BCUT2D eigenvalue weighted by Gasteiger charge is -2.23. The lowest BCUT2D eigenvalue weighted by Crippen LogP contribution is -2.43. The third-order valence-corrected chi connectivity index (χ3v) is 5.09. The maximum absolute atomic E-state index is 11.9. The zero-order chi connectivity index (χ0) is 13.2. The van der Waals surface area contributed by atoms with E-state index >= 15 is 0 Å². The summed E-state index contributed by atoms with van der Waals surface area (Å²) in [7, 11) is -0.238. The molecule has 18 heavy (non-hydrogen) atoms. The van der Waals surface area contributed by atoms with E-state index < -0.39 is 10.2 Å². The Bertz CT molecular complexity index is 485. The molecule has 0 saturated heterocycles. The Kier molecular flexibility index (Phi) is 4.04. The van der Waals surface area contributed by atoms with Crippen LogP contribution in [0.15, 0.2) is 30.3 Å². The highest BCUT2D eigenvalue weighted by Gasteiger charge is 2.32. The first-order chi connectivity index (χ1) is 8.50. The molecule has 5 heteroatoms. The number of nitrogens with one attached hydrogen (secondary N) is 1. The molecule has 0 heterocycles. The van der Waals surface area contributed by atoms with Crippen LogP contribution in [0.2, 0.25) is 0 Å². The van der Waals surface area contributed by atoms with Gasteiger partial charge in [0.05, 0.1) is 0 Å². The van der Waals surface area contributed by atoms with Crippen molar-refractivity contribution in [2.45, 2.75) is 31.2 Å². The average molecular weight is 268 g/mol. The smallest absolute Gasteiger partial charge is 0.198 e. The maximum atomic E-state index is 11.9. The molecule has 4 nitrogen and oxygen atoms in total. The summed E-state index contributed by atoms with van der Waals surface area (Å²) in [5, 5.41) is 0. The van der Waals surface area contributed by atoms with Gasteiger partial charge in [-0.25, -0.2) is 0 Å². The van der Waals surface area contributed by atoms with Crippen LogP contribution in [0.4, 0.5) is 0 Å². The highest BCUT2D eigenvalue weighted by molar-refractivity contribution is 7.87. The summed E-state index contributed by atoms with van der Waals surface area (Å²) in [6.45, 7) is 0. The molecule has 1 saturated carbocycles. The molecule has 1 aromatic carbocycles. The van der Waals surface area contributed by atoms with Crippen molar-refractivity contribution in [3.8, 4) is 0 Å². The Morgan fingerprint density at radius 1 is 1.17 bits per heavy atom. The van der Waals surface area contributed by atoms with Gasteiger partial charge in [0.1, 0.15) is 0 Å². The van der Waals surface area contributed by atoms with Crippen LogP contribution in [0.3, 0.4) is 0 Å². The van der Waals surface area contributed by atoms with Crippen LogP contribution in [0.5, 0.6) is 0 Å². The number of benzene rings is 1. The molecular formula is C13H20N2O2S. The van der Waals surface area contributed by atoms with Gasteiger partial charge >= 0.3 is 0 Å². The number of hydrogen-bond acceptors (Lipinski definition) is 2. The third kappa shape index (κ3) is 2.91. The van der Waals surface area contributed by atoms with Gasteiger partial charge in [0.15, 0.2) is 0 Å². The van der Waals surface area contributed by atoms with Crippen molar-refractivity contribution < 1.29 is 8.42 Å². The summed E-state index contributed by atoms with van der Waals surface area (Å²) in [6.07, 6.45) is 3.03. The lowest BCUT2D eigenvalue weighted by atomic mass is 9.95. The second kappa shape index (κ2) is 5.38. The molecule has 0 radical (unpaired) electrons. The molecule has 1 fully saturated rings. The van der Waals surface area contributed by atoms with E-state index in [-0.39, 0.29) is 6.04 Å². The molecule has 0 spiro atoms. The van der Waals surface area contributed by atoms with Crippen molar-refractivity contribution >= 4 is 10.2 Å². The zero-order valence-corrected chi connectivity index (χ0v) is 11.7. The predicted octanol–water partition coefficient (Wildman–Crippen LogP) is 1.72. The molecule has 2 atom stereocenters. The van der Waals surface area contributed by atoms with E-state index in [9.17, 15) is 8.42 Å². The Labute approximate surface area is 109 Å². The summed E-state index contributed by atoms with van der Waals surface area (Å²) in [5.74, 6) is 0.293. The van der Waals surface area contributed by atoms with Gasteiger partial charge in [-0.2, -0.15) is 17.4 Å². The second-order valence-electron chi connectivity index (χ2n) is 4.96. The Morgan fingerprint density at radius 3 is 2.44 bits per heavy atom. The van der Waals surface area contributed by atoms with Crippen molar-refractivity contribution in [3.05, 3.63) is 35.9 Å². The van der Waals surface area contributed by atoms with E-state index in [2.05, 4.69) is 16.9 Å². The molecular weight excluding hydrogens is 248 g/mol. The maximum Gasteiger partial charge on any atom is 0.279 e. The monoisotopic (exact) mass is 268 g/mol. The molecule has 100 valence electrons. The standard InChI is InChI=1S/C13H20N2O2S/c1-15(2)18(16,17)14-13-10-6-9-12(13)11-7-4-3-5-8-11/h3-5,7-8,12-14H,6,9-10H2,1-2H3/t12-,13-/m1/s1. The second-order valence-corrected chi connectivity index (χ2v) is 6.88. The van der Waals surface area contributed by atoms with Crippen LogP contribution in [0.1, 0.15) is 30.7 Å². The van der Waals surface area contributed by atoms with Gasteiger partial charge in [0.25, 0.3) is 10.2 Å². The first kappa shape index (κ1) is 13.5. The number of nitrogens with zero attached hydrogens (tertiary/aromatic N) is 1. The summed E-state index contributed by atoms with van der Waals surface area (Å²) in [4.78, 5) is 0. The van der Waals surface area contributed by atoms with E-state index in [1.807, 2.05) is 18.2 Å². The fourth-order valence-corrected chi connectivity index (χ4v) is 3.37. The SMILES string of the molecule is CN(C)S(=O)(=O)N[C@@H]1CCC[C@@H]1c1ccccc1. The summed E-state index contributed by atoms with van der Waals surface area (Å²) < 4.78 is 27.8. The van der Waals surface area contributed by atoms with Crippen LogP contribution in [-0.4, -0.2) is 32.9 Å². The fraction of sp³-hybridized carbons (Fsp3) is 0.538. The van der Waals surface area contributed by atoms with Crippen LogP contribution < -0.4 is 4.72 Å². The van der Waals surface area contributed by atoms with E-state index in [0.717, 1.165) is 19.3 Å². The van der Waals surface area contributed by atoms with Crippen LogP contribution in [0.25, 0.3) is 0 Å². The van der Waals surface area contributed by atoms with Crippen LogP contribution in [-0.2, 0) is 10.2 Å². The molecule has 2 rings (SSSR count). The molecule has 0 aromatic heterocycles. The first-order valence-electron chi connectivity index (χ1n) is 6.25. The topological polar surface area (TPSA) is 49.4 Å². The number of hydrogen-bond donors (Lipinski definition) is 1. The van der Waals surface area contributed by atoms with Gasteiger partial charge in [0.2, 0.25) is 0 Å². The van der Waals surface area contributed by atoms with E-state index in [0.29, 0.717) is 5.92 Å². The van der Waals surface area contributed by atoms with Crippen LogP contribution >= 0.6 is 0 Å². The highest BCUT2D eigenvalue weighted by Crippen LogP contribution is 2.34. The molecule has 0 amide bonds. The van der Waals surface area contributed by atoms with Gasteiger partial charge in [-0.15, -0.1) is 0 Å². The summed E-state index contributed by atoms with van der Waals surface area (Å²) >= 11 is 0. The predicted molar refractivity (Wildman–Crippen MR) is 72.6 cm³/mol. The van der Waals surface area contributed by atoms with Crippen molar-refractivity contribution in [1.29, 1.82) is 0 Å². The van der Waals surface area contributed by atoms with Gasteiger partial charge in [-0.05, 0) is 18.4 Å². The molecule has 1 aromatic rings. The largest absolute Gasteiger partial charge is 0.279 e. The third-order valence-electron chi connectivity index (χ3n) is 3.52. The minimum Gasteiger partial charge on any atom is -0.198 e. The van der Waals surface area contributed by atoms with Gasteiger partial charge in [0, 0.05) is 26.1 Å². The highest BCUT2D eigenvalue weighted by atomic mass is 32.2. The lowest BCUT2D eigenvalue weighted by molar-refractivity contribution is 0.474. The van der Waals surface area contributed by atoms with E-state index in [4.69, 9.17) is 0 Å². The molecule has 1 N–H and O–H groups in total.